The molecule has 2 aromatic rings. The van der Waals surface area contributed by atoms with E-state index in [-0.39, 0.29) is 17.1 Å². The molecular weight excluding hydrogens is 675 g/mol. The highest BCUT2D eigenvalue weighted by Crippen LogP contribution is 2.49. The molecule has 1 unspecified atom stereocenters. The van der Waals surface area contributed by atoms with Gasteiger partial charge in [0.1, 0.15) is 12.8 Å². The Morgan fingerprint density at radius 3 is 2.30 bits per heavy atom. The maximum absolute atomic E-state index is 12.4. The number of carbonyl (C=O) groups excluding carboxylic acids is 1. The fraction of sp³-hybridized carbons (Fsp3) is 0.400. The van der Waals surface area contributed by atoms with Crippen LogP contribution in [0, 0.1) is 0 Å². The van der Waals surface area contributed by atoms with Crippen LogP contribution in [0.15, 0.2) is 65.2 Å². The molecule has 0 saturated heterocycles. The molecule has 2 aliphatic heterocycles. The summed E-state index contributed by atoms with van der Waals surface area (Å²) in [5.41, 5.74) is 4.39. The second-order valence-corrected chi connectivity index (χ2v) is 18.6. The normalized spacial score (nSPS) is 19.8. The zero-order valence-corrected chi connectivity index (χ0v) is 29.6. The van der Waals surface area contributed by atoms with E-state index in [9.17, 15) is 35.6 Å². The van der Waals surface area contributed by atoms with Gasteiger partial charge in [0, 0.05) is 63.7 Å². The van der Waals surface area contributed by atoms with Crippen molar-refractivity contribution in [2.75, 3.05) is 42.4 Å². The minimum absolute atomic E-state index is 0.221. The molecule has 2 aliphatic rings. The van der Waals surface area contributed by atoms with Crippen molar-refractivity contribution in [1.29, 1.82) is 0 Å². The summed E-state index contributed by atoms with van der Waals surface area (Å²) in [5, 5.41) is 2.75. The zero-order valence-electron chi connectivity index (χ0n) is 26.4. The lowest BCUT2D eigenvalue weighted by atomic mass is 9.81. The number of nitrogens with zero attached hydrogens (tertiary/aromatic N) is 2. The van der Waals surface area contributed by atoms with E-state index in [0.717, 1.165) is 22.7 Å². The van der Waals surface area contributed by atoms with Crippen LogP contribution in [0.2, 0.25) is 0 Å². The molecule has 16 heteroatoms. The molecule has 1 atom stereocenters. The molecule has 0 spiro atoms. The molecule has 0 aromatic heterocycles. The number of amides is 1. The van der Waals surface area contributed by atoms with E-state index < -0.39 is 52.3 Å². The SMILES string of the molecule is COS(=O)(=S)CC(=O)Nc1ccc2c(c1)C(C)(C)C(C=CC=C1N(CCCS(O)(O)O)c3ccc(S(=O)(=O)O)cc3C1(C)C)=[N+]2C. The van der Waals surface area contributed by atoms with Gasteiger partial charge < -0.3 is 23.9 Å². The highest BCUT2D eigenvalue weighted by atomic mass is 32.8. The Morgan fingerprint density at radius 1 is 1.02 bits per heavy atom. The molecule has 0 saturated carbocycles. The Bertz CT molecular complexity index is 1870. The van der Waals surface area contributed by atoms with Crippen LogP contribution in [-0.4, -0.2) is 79.2 Å². The molecule has 252 valence electrons. The van der Waals surface area contributed by atoms with Gasteiger partial charge in [0.2, 0.25) is 11.6 Å². The molecular formula is C30H40N3O9S4+. The first kappa shape index (κ1) is 36.2. The number of nitrogens with one attached hydrogen (secondary N) is 1. The monoisotopic (exact) mass is 714 g/mol. The average Bonchev–Trinajstić information content (AvgIpc) is 3.25. The van der Waals surface area contributed by atoms with Gasteiger partial charge in [-0.1, -0.05) is 19.9 Å². The summed E-state index contributed by atoms with van der Waals surface area (Å²) >= 11 is 4.82. The molecule has 0 bridgehead atoms. The third kappa shape index (κ3) is 7.55. The predicted octanol–water partition coefficient (Wildman–Crippen LogP) is 5.04. The fourth-order valence-electron chi connectivity index (χ4n) is 6.03. The van der Waals surface area contributed by atoms with Gasteiger partial charge in [-0.15, -0.1) is 0 Å². The van der Waals surface area contributed by atoms with E-state index in [1.54, 1.807) is 12.1 Å². The van der Waals surface area contributed by atoms with Crippen molar-refractivity contribution in [2.24, 2.45) is 0 Å². The first-order chi connectivity index (χ1) is 21.1. The molecule has 0 aliphatic carbocycles. The lowest BCUT2D eigenvalue weighted by molar-refractivity contribution is -0.401. The topological polar surface area (TPSA) is 177 Å². The van der Waals surface area contributed by atoms with E-state index in [1.165, 1.54) is 19.2 Å². The van der Waals surface area contributed by atoms with Crippen molar-refractivity contribution >= 4 is 69.6 Å². The van der Waals surface area contributed by atoms with Crippen molar-refractivity contribution < 1.29 is 44.4 Å². The first-order valence-corrected chi connectivity index (χ1v) is 19.9. The summed E-state index contributed by atoms with van der Waals surface area (Å²) in [4.78, 5) is 14.2. The first-order valence-electron chi connectivity index (χ1n) is 14.2. The van der Waals surface area contributed by atoms with E-state index in [0.29, 0.717) is 23.5 Å². The third-order valence-electron chi connectivity index (χ3n) is 8.35. The van der Waals surface area contributed by atoms with E-state index in [1.807, 2.05) is 60.7 Å². The van der Waals surface area contributed by atoms with Crippen molar-refractivity contribution in [3.8, 4) is 0 Å². The summed E-state index contributed by atoms with van der Waals surface area (Å²) in [7, 11) is -8.12. The van der Waals surface area contributed by atoms with Crippen molar-refractivity contribution in [1.82, 2.24) is 0 Å². The molecule has 4 rings (SSSR count). The van der Waals surface area contributed by atoms with Crippen molar-refractivity contribution in [2.45, 2.75) is 49.8 Å². The van der Waals surface area contributed by atoms with Gasteiger partial charge in [0.15, 0.2) is 14.5 Å². The second kappa shape index (κ2) is 12.7. The predicted molar refractivity (Wildman–Crippen MR) is 185 cm³/mol. The number of carbonyl (C=O) groups is 1. The molecule has 1 amide bonds. The number of benzene rings is 2. The molecule has 12 nitrogen and oxygen atoms in total. The number of allylic oxidation sites excluding steroid dienone is 4. The number of hydrogen-bond donors (Lipinski definition) is 5. The molecule has 5 N–H and O–H groups in total. The summed E-state index contributed by atoms with van der Waals surface area (Å²) in [5.74, 6) is -1.18. The smallest absolute Gasteiger partial charge is 0.294 e. The van der Waals surface area contributed by atoms with Gasteiger partial charge in [-0.3, -0.25) is 13.5 Å². The lowest BCUT2D eigenvalue weighted by Crippen LogP contribution is -2.28. The van der Waals surface area contributed by atoms with Crippen LogP contribution >= 0.6 is 10.9 Å². The minimum atomic E-state index is -4.44. The summed E-state index contributed by atoms with van der Waals surface area (Å²) in [6, 6.07) is 9.90. The Hall–Kier alpha value is -2.67. The Balaban J connectivity index is 1.66. The number of hydrogen-bond acceptors (Lipinski definition) is 10. The van der Waals surface area contributed by atoms with Crippen LogP contribution < -0.4 is 10.2 Å². The van der Waals surface area contributed by atoms with E-state index >= 15 is 0 Å². The van der Waals surface area contributed by atoms with E-state index in [2.05, 4.69) is 19.2 Å². The van der Waals surface area contributed by atoms with Crippen molar-refractivity contribution in [3.05, 3.63) is 71.5 Å². The summed E-state index contributed by atoms with van der Waals surface area (Å²) in [6.07, 6.45) is 6.03. The van der Waals surface area contributed by atoms with Crippen LogP contribution in [0.5, 0.6) is 0 Å². The largest absolute Gasteiger partial charge is 0.344 e. The minimum Gasteiger partial charge on any atom is -0.344 e. The highest BCUT2D eigenvalue weighted by molar-refractivity contribution is 8.30. The fourth-order valence-corrected chi connectivity index (χ4v) is 7.89. The summed E-state index contributed by atoms with van der Waals surface area (Å²) < 4.78 is 80.9. The Labute approximate surface area is 276 Å². The third-order valence-corrected chi connectivity index (χ3v) is 11.9. The van der Waals surface area contributed by atoms with Gasteiger partial charge in [0.25, 0.3) is 10.1 Å². The van der Waals surface area contributed by atoms with Gasteiger partial charge >= 0.3 is 0 Å². The second-order valence-electron chi connectivity index (χ2n) is 12.2. The van der Waals surface area contributed by atoms with Crippen LogP contribution in [0.1, 0.15) is 45.2 Å². The molecule has 2 aromatic carbocycles. The standard InChI is InChI=1S/C30H39N3O9S4/c1-29(2)22-17-20(31-28(34)19-45(38,43)42-6)11-13-24(22)32(5)26(29)9-7-10-27-30(3,4)23-18-21(46(39,40)41)12-14-25(23)33(27)15-8-16-44(35,36)37/h7,9-14,17-18H,8,15-16,19H2,1-6H3,(H4-,31,34,35,36,37,39,40,41)/p+1. The number of fused-ring (bicyclic) bond motifs is 2. The van der Waals surface area contributed by atoms with E-state index in [4.69, 9.17) is 15.4 Å². The Morgan fingerprint density at radius 2 is 1.70 bits per heavy atom. The van der Waals surface area contributed by atoms with Gasteiger partial charge in [-0.25, -0.2) is 4.21 Å². The van der Waals surface area contributed by atoms with Crippen LogP contribution in [0.25, 0.3) is 0 Å². The number of anilines is 2. The highest BCUT2D eigenvalue weighted by Gasteiger charge is 2.44. The van der Waals surface area contributed by atoms with Crippen LogP contribution in [0.4, 0.5) is 17.1 Å². The Kier molecular flexibility index (Phi) is 10.0. The molecule has 46 heavy (non-hydrogen) atoms. The zero-order chi connectivity index (χ0) is 34.5. The van der Waals surface area contributed by atoms with Gasteiger partial charge in [0.05, 0.1) is 28.3 Å². The van der Waals surface area contributed by atoms with Crippen LogP contribution in [-0.2, 0) is 49.9 Å². The lowest BCUT2D eigenvalue weighted by Gasteiger charge is -2.28. The average molecular weight is 715 g/mol. The van der Waals surface area contributed by atoms with Gasteiger partial charge in [-0.05, 0) is 62.2 Å². The maximum atomic E-state index is 12.4. The maximum Gasteiger partial charge on any atom is 0.294 e. The molecule has 2 heterocycles. The van der Waals surface area contributed by atoms with Crippen molar-refractivity contribution in [3.63, 3.8) is 0 Å². The molecule has 0 fully saturated rings. The van der Waals surface area contributed by atoms with Crippen LogP contribution in [0.3, 0.4) is 0 Å². The quantitative estimate of drug-likeness (QED) is 0.156. The molecule has 0 radical (unpaired) electrons. The summed E-state index contributed by atoms with van der Waals surface area (Å²) in [6.45, 7) is 8.28. The number of rotatable bonds is 11. The van der Waals surface area contributed by atoms with Gasteiger partial charge in [-0.2, -0.15) is 13.0 Å².